The van der Waals surface area contributed by atoms with Crippen molar-refractivity contribution in [1.29, 1.82) is 0 Å². The van der Waals surface area contributed by atoms with Crippen LogP contribution in [-0.2, 0) is 9.63 Å². The highest BCUT2D eigenvalue weighted by Crippen LogP contribution is 2.14. The number of carboxylic acids is 1. The van der Waals surface area contributed by atoms with Crippen molar-refractivity contribution in [2.75, 3.05) is 6.61 Å². The first kappa shape index (κ1) is 11.9. The lowest BCUT2D eigenvalue weighted by molar-refractivity contribution is -0.144. The van der Waals surface area contributed by atoms with E-state index in [1.807, 2.05) is 0 Å². The van der Waals surface area contributed by atoms with Crippen molar-refractivity contribution in [2.45, 2.75) is 0 Å². The summed E-state index contributed by atoms with van der Waals surface area (Å²) >= 11 is 0. The van der Waals surface area contributed by atoms with Gasteiger partial charge in [0.15, 0.2) is 6.61 Å². The summed E-state index contributed by atoms with van der Waals surface area (Å²) in [6, 6.07) is 2.92. The van der Waals surface area contributed by atoms with Crippen molar-refractivity contribution in [3.8, 4) is 5.75 Å². The summed E-state index contributed by atoms with van der Waals surface area (Å²) < 4.78 is 13.1. The predicted molar refractivity (Wildman–Crippen MR) is 49.1 cm³/mol. The maximum Gasteiger partial charge on any atom is 0.332 e. The predicted octanol–water partition coefficient (Wildman–Crippen LogP) is 0.277. The number of carbonyl (C=O) groups excluding carboxylic acids is 1. The van der Waals surface area contributed by atoms with Gasteiger partial charge in [-0.05, 0) is 12.1 Å². The van der Waals surface area contributed by atoms with Gasteiger partial charge in [0.1, 0.15) is 11.6 Å². The van der Waals surface area contributed by atoms with Crippen LogP contribution in [0.25, 0.3) is 0 Å². The van der Waals surface area contributed by atoms with Crippen LogP contribution in [0.4, 0.5) is 4.39 Å². The third-order valence-electron chi connectivity index (χ3n) is 1.56. The number of benzene rings is 1. The van der Waals surface area contributed by atoms with Crippen LogP contribution in [0, 0.1) is 5.82 Å². The molecule has 0 aliphatic rings. The molecule has 1 rings (SSSR count). The molecule has 6 nitrogen and oxygen atoms in total. The number of phenolic OH excluding ortho intramolecular Hbond substituents is 1. The van der Waals surface area contributed by atoms with Crippen LogP contribution < -0.4 is 5.48 Å². The molecule has 7 heteroatoms. The van der Waals surface area contributed by atoms with Crippen LogP contribution in [0.2, 0.25) is 0 Å². The number of carbonyl (C=O) groups is 2. The van der Waals surface area contributed by atoms with Crippen molar-refractivity contribution in [3.05, 3.63) is 29.6 Å². The zero-order valence-corrected chi connectivity index (χ0v) is 7.94. The molecule has 0 saturated heterocycles. The standard InChI is InChI=1S/C9H8FNO5/c10-7-3-5(12)1-2-6(7)9(15)11-16-4-8(13)14/h1-3,12H,4H2,(H,11,15)(H,13,14). The van der Waals surface area contributed by atoms with Gasteiger partial charge in [0.2, 0.25) is 0 Å². The van der Waals surface area contributed by atoms with E-state index < -0.39 is 24.3 Å². The molecule has 0 aromatic heterocycles. The quantitative estimate of drug-likeness (QED) is 0.644. The zero-order chi connectivity index (χ0) is 12.1. The first-order valence-electron chi connectivity index (χ1n) is 4.13. The fourth-order valence-electron chi connectivity index (χ4n) is 0.907. The van der Waals surface area contributed by atoms with Gasteiger partial charge in [0.25, 0.3) is 5.91 Å². The second-order valence-electron chi connectivity index (χ2n) is 2.78. The number of hydrogen-bond donors (Lipinski definition) is 3. The Morgan fingerprint density at radius 2 is 2.12 bits per heavy atom. The molecule has 0 radical (unpaired) electrons. The maximum atomic E-state index is 13.1. The van der Waals surface area contributed by atoms with Crippen LogP contribution in [0.3, 0.4) is 0 Å². The summed E-state index contributed by atoms with van der Waals surface area (Å²) in [4.78, 5) is 25.5. The van der Waals surface area contributed by atoms with E-state index in [-0.39, 0.29) is 11.3 Å². The van der Waals surface area contributed by atoms with Gasteiger partial charge in [-0.25, -0.2) is 14.7 Å². The molecule has 0 heterocycles. The summed E-state index contributed by atoms with van der Waals surface area (Å²) in [7, 11) is 0. The Hall–Kier alpha value is -2.15. The van der Waals surface area contributed by atoms with E-state index in [0.717, 1.165) is 18.2 Å². The van der Waals surface area contributed by atoms with E-state index in [1.54, 1.807) is 5.48 Å². The number of phenols is 1. The van der Waals surface area contributed by atoms with Gasteiger partial charge in [-0.15, -0.1) is 0 Å². The molecule has 0 aliphatic heterocycles. The van der Waals surface area contributed by atoms with Crippen LogP contribution >= 0.6 is 0 Å². The van der Waals surface area contributed by atoms with Gasteiger partial charge in [-0.2, -0.15) is 0 Å². The highest BCUT2D eigenvalue weighted by molar-refractivity contribution is 5.93. The fraction of sp³-hybridized carbons (Fsp3) is 0.111. The number of amides is 1. The molecule has 0 atom stereocenters. The van der Waals surface area contributed by atoms with Gasteiger partial charge in [-0.3, -0.25) is 9.63 Å². The Balaban J connectivity index is 2.63. The average molecular weight is 229 g/mol. The lowest BCUT2D eigenvalue weighted by atomic mass is 10.2. The van der Waals surface area contributed by atoms with Crippen molar-refractivity contribution >= 4 is 11.9 Å². The number of hydroxylamine groups is 1. The number of nitrogens with one attached hydrogen (secondary N) is 1. The smallest absolute Gasteiger partial charge is 0.332 e. The second kappa shape index (κ2) is 5.08. The Kier molecular flexibility index (Phi) is 3.78. The average Bonchev–Trinajstić information content (AvgIpc) is 2.16. The molecule has 86 valence electrons. The summed E-state index contributed by atoms with van der Waals surface area (Å²) in [5.41, 5.74) is 1.39. The van der Waals surface area contributed by atoms with Crippen molar-refractivity contribution in [3.63, 3.8) is 0 Å². The molecule has 1 aromatic rings. The lowest BCUT2D eigenvalue weighted by Crippen LogP contribution is -2.27. The molecule has 3 N–H and O–H groups in total. The zero-order valence-electron chi connectivity index (χ0n) is 7.94. The Morgan fingerprint density at radius 1 is 1.44 bits per heavy atom. The summed E-state index contributed by atoms with van der Waals surface area (Å²) in [6.45, 7) is -0.731. The van der Waals surface area contributed by atoms with E-state index in [0.29, 0.717) is 0 Å². The van der Waals surface area contributed by atoms with Crippen LogP contribution in [-0.4, -0.2) is 28.7 Å². The molecular weight excluding hydrogens is 221 g/mol. The molecular formula is C9H8FNO5. The minimum Gasteiger partial charge on any atom is -0.508 e. The van der Waals surface area contributed by atoms with E-state index in [4.69, 9.17) is 10.2 Å². The lowest BCUT2D eigenvalue weighted by Gasteiger charge is -2.04. The highest BCUT2D eigenvalue weighted by Gasteiger charge is 2.12. The number of aromatic hydroxyl groups is 1. The Morgan fingerprint density at radius 3 is 2.69 bits per heavy atom. The first-order valence-corrected chi connectivity index (χ1v) is 4.13. The Bertz CT molecular complexity index is 420. The molecule has 0 saturated carbocycles. The first-order chi connectivity index (χ1) is 7.50. The molecule has 0 bridgehead atoms. The minimum absolute atomic E-state index is 0.319. The third-order valence-corrected chi connectivity index (χ3v) is 1.56. The molecule has 0 unspecified atom stereocenters. The van der Waals surface area contributed by atoms with Gasteiger partial charge in [-0.1, -0.05) is 0 Å². The van der Waals surface area contributed by atoms with E-state index in [9.17, 15) is 14.0 Å². The van der Waals surface area contributed by atoms with E-state index in [2.05, 4.69) is 4.84 Å². The third kappa shape index (κ3) is 3.21. The van der Waals surface area contributed by atoms with Gasteiger partial charge < -0.3 is 10.2 Å². The SMILES string of the molecule is O=C(O)CONC(=O)c1ccc(O)cc1F. The Labute approximate surface area is 89.2 Å². The van der Waals surface area contributed by atoms with Crippen molar-refractivity contribution in [2.24, 2.45) is 0 Å². The summed E-state index contributed by atoms with van der Waals surface area (Å²) in [5, 5.41) is 17.1. The molecule has 0 spiro atoms. The van der Waals surface area contributed by atoms with Gasteiger partial charge >= 0.3 is 5.97 Å². The largest absolute Gasteiger partial charge is 0.508 e. The highest BCUT2D eigenvalue weighted by atomic mass is 19.1. The fourth-order valence-corrected chi connectivity index (χ4v) is 0.907. The minimum atomic E-state index is -1.27. The monoisotopic (exact) mass is 229 g/mol. The second-order valence-corrected chi connectivity index (χ2v) is 2.78. The van der Waals surface area contributed by atoms with E-state index in [1.165, 1.54) is 0 Å². The van der Waals surface area contributed by atoms with Gasteiger partial charge in [0.05, 0.1) is 5.56 Å². The van der Waals surface area contributed by atoms with E-state index >= 15 is 0 Å². The van der Waals surface area contributed by atoms with Crippen molar-refractivity contribution in [1.82, 2.24) is 5.48 Å². The number of halogens is 1. The molecule has 0 aliphatic carbocycles. The number of rotatable bonds is 4. The normalized spacial score (nSPS) is 9.81. The summed E-state index contributed by atoms with van der Waals surface area (Å²) in [6.07, 6.45) is 0. The number of carboxylic acid groups (broad SMARTS) is 1. The van der Waals surface area contributed by atoms with Crippen LogP contribution in [0.1, 0.15) is 10.4 Å². The van der Waals surface area contributed by atoms with Crippen molar-refractivity contribution < 1.29 is 29.0 Å². The maximum absolute atomic E-state index is 13.1. The van der Waals surface area contributed by atoms with Gasteiger partial charge in [0, 0.05) is 6.07 Å². The van der Waals surface area contributed by atoms with Crippen LogP contribution in [0.15, 0.2) is 18.2 Å². The molecule has 1 amide bonds. The van der Waals surface area contributed by atoms with Crippen LogP contribution in [0.5, 0.6) is 5.75 Å². The molecule has 0 fully saturated rings. The summed E-state index contributed by atoms with van der Waals surface area (Å²) in [5.74, 6) is -3.46. The number of aliphatic carboxylic acids is 1. The topological polar surface area (TPSA) is 95.9 Å². The molecule has 1 aromatic carbocycles. The molecule has 16 heavy (non-hydrogen) atoms. The number of hydrogen-bond acceptors (Lipinski definition) is 4.